The predicted octanol–water partition coefficient (Wildman–Crippen LogP) is 13.8. The summed E-state index contributed by atoms with van der Waals surface area (Å²) >= 11 is 0. The molecular weight excluding hydrogens is 617 g/mol. The van der Waals surface area contributed by atoms with Gasteiger partial charge < -0.3 is 17.7 Å². The summed E-state index contributed by atoms with van der Waals surface area (Å²) in [5, 5.41) is 11.1. The van der Waals surface area contributed by atoms with E-state index in [1.54, 1.807) is 0 Å². The Morgan fingerprint density at radius 2 is 0.600 bits per heavy atom. The molecule has 0 saturated heterocycles. The van der Waals surface area contributed by atoms with Crippen molar-refractivity contribution in [2.24, 2.45) is 0 Å². The van der Waals surface area contributed by atoms with Crippen molar-refractivity contribution in [3.05, 3.63) is 146 Å². The van der Waals surface area contributed by atoms with E-state index in [0.717, 1.165) is 110 Å². The maximum atomic E-state index is 6.34. The molecule has 0 saturated carbocycles. The normalized spacial score (nSPS) is 12.4. The summed E-state index contributed by atoms with van der Waals surface area (Å²) in [5.74, 6) is 0. The van der Waals surface area contributed by atoms with Crippen molar-refractivity contribution in [1.82, 2.24) is 0 Å². The summed E-state index contributed by atoms with van der Waals surface area (Å²) in [7, 11) is 0. The van der Waals surface area contributed by atoms with Crippen LogP contribution in [0.3, 0.4) is 0 Å². The summed E-state index contributed by atoms with van der Waals surface area (Å²) in [4.78, 5) is 0. The van der Waals surface area contributed by atoms with Crippen molar-refractivity contribution in [2.45, 2.75) is 0 Å². The Bertz CT molecular complexity index is 3380. The Morgan fingerprint density at radius 1 is 0.220 bits per heavy atom. The minimum Gasteiger partial charge on any atom is -0.456 e. The number of para-hydroxylation sites is 2. The van der Waals surface area contributed by atoms with E-state index in [1.165, 1.54) is 10.8 Å². The lowest BCUT2D eigenvalue weighted by Gasteiger charge is -2.08. The quantitative estimate of drug-likeness (QED) is 0.189. The molecule has 0 aliphatic rings. The third-order valence-electron chi connectivity index (χ3n) is 10.4. The largest absolute Gasteiger partial charge is 0.456 e. The highest BCUT2D eigenvalue weighted by molar-refractivity contribution is 6.17. The molecule has 0 aliphatic carbocycles. The highest BCUT2D eigenvalue weighted by Crippen LogP contribution is 2.40. The summed E-state index contributed by atoms with van der Waals surface area (Å²) < 4.78 is 25.0. The lowest BCUT2D eigenvalue weighted by molar-refractivity contribution is 0.656. The van der Waals surface area contributed by atoms with Crippen LogP contribution < -0.4 is 0 Å². The molecule has 0 bridgehead atoms. The molecule has 50 heavy (non-hydrogen) atoms. The van der Waals surface area contributed by atoms with Gasteiger partial charge in [-0.2, -0.15) is 0 Å². The lowest BCUT2D eigenvalue weighted by Crippen LogP contribution is -1.82. The van der Waals surface area contributed by atoms with Gasteiger partial charge >= 0.3 is 0 Å². The van der Waals surface area contributed by atoms with E-state index in [4.69, 9.17) is 17.7 Å². The summed E-state index contributed by atoms with van der Waals surface area (Å²) in [5.41, 5.74) is 11.5. The molecule has 0 atom stereocenters. The zero-order chi connectivity index (χ0) is 32.5. The number of fused-ring (bicyclic) bond motifs is 13. The van der Waals surface area contributed by atoms with Crippen molar-refractivity contribution in [3.63, 3.8) is 0 Å². The fourth-order valence-electron chi connectivity index (χ4n) is 7.95. The molecule has 12 rings (SSSR count). The molecule has 0 radical (unpaired) electrons. The predicted molar refractivity (Wildman–Crippen MR) is 204 cm³/mol. The van der Waals surface area contributed by atoms with E-state index in [-0.39, 0.29) is 0 Å². The maximum absolute atomic E-state index is 6.34. The van der Waals surface area contributed by atoms with E-state index in [0.29, 0.717) is 0 Å². The Balaban J connectivity index is 0.965. The molecule has 232 valence electrons. The molecule has 4 nitrogen and oxygen atoms in total. The van der Waals surface area contributed by atoms with Crippen LogP contribution in [-0.4, -0.2) is 0 Å². The minimum absolute atomic E-state index is 0.830. The van der Waals surface area contributed by atoms with Crippen molar-refractivity contribution in [2.75, 3.05) is 0 Å². The molecule has 0 amide bonds. The smallest absolute Gasteiger partial charge is 0.139 e. The van der Waals surface area contributed by atoms with Gasteiger partial charge in [-0.25, -0.2) is 0 Å². The number of hydrogen-bond donors (Lipinski definition) is 0. The monoisotopic (exact) mass is 640 g/mol. The van der Waals surface area contributed by atoms with Gasteiger partial charge in [-0.3, -0.25) is 0 Å². The molecule has 0 aliphatic heterocycles. The minimum atomic E-state index is 0.830. The number of furan rings is 4. The second kappa shape index (κ2) is 9.43. The Morgan fingerprint density at radius 3 is 1.16 bits per heavy atom. The number of rotatable bonds is 2. The van der Waals surface area contributed by atoms with Crippen LogP contribution >= 0.6 is 0 Å². The van der Waals surface area contributed by atoms with Gasteiger partial charge in [0.15, 0.2) is 0 Å². The zero-order valence-electron chi connectivity index (χ0n) is 26.5. The van der Waals surface area contributed by atoms with E-state index in [9.17, 15) is 0 Å². The molecule has 0 unspecified atom stereocenters. The van der Waals surface area contributed by atoms with Gasteiger partial charge in [-0.1, -0.05) is 72.8 Å². The van der Waals surface area contributed by atoms with Gasteiger partial charge in [0, 0.05) is 49.2 Å². The van der Waals surface area contributed by atoms with Gasteiger partial charge in [0.2, 0.25) is 0 Å². The molecule has 4 aromatic heterocycles. The summed E-state index contributed by atoms with van der Waals surface area (Å²) in [6, 6.07) is 51.1. The standard InChI is InChI=1S/C46H24O4/c1-3-7-39-31(5-1)35-21-36-33-19-28(13-15-41(33)50-46(36)24-45(35)48-39)26-11-9-25-10-12-27(18-30(25)17-26)29-14-16-42-34(20-29)38-23-43-37(22-44(38)49-42)32-6-2-4-8-40(32)47-43/h1-24H. The maximum Gasteiger partial charge on any atom is 0.139 e. The van der Waals surface area contributed by atoms with Crippen LogP contribution in [0.25, 0.3) is 121 Å². The van der Waals surface area contributed by atoms with E-state index in [1.807, 2.05) is 36.4 Å². The van der Waals surface area contributed by atoms with Gasteiger partial charge in [-0.05, 0) is 99.8 Å². The topological polar surface area (TPSA) is 52.6 Å². The average molecular weight is 641 g/mol. The number of benzene rings is 8. The average Bonchev–Trinajstić information content (AvgIpc) is 3.91. The van der Waals surface area contributed by atoms with E-state index >= 15 is 0 Å². The van der Waals surface area contributed by atoms with Crippen LogP contribution in [0.2, 0.25) is 0 Å². The van der Waals surface area contributed by atoms with E-state index in [2.05, 4.69) is 109 Å². The Kier molecular flexibility index (Phi) is 4.94. The summed E-state index contributed by atoms with van der Waals surface area (Å²) in [6.07, 6.45) is 0. The van der Waals surface area contributed by atoms with Gasteiger partial charge in [0.25, 0.3) is 0 Å². The van der Waals surface area contributed by atoms with E-state index < -0.39 is 0 Å². The second-order valence-corrected chi connectivity index (χ2v) is 13.3. The van der Waals surface area contributed by atoms with Crippen molar-refractivity contribution < 1.29 is 17.7 Å². The van der Waals surface area contributed by atoms with Crippen LogP contribution in [-0.2, 0) is 0 Å². The van der Waals surface area contributed by atoms with Crippen molar-refractivity contribution in [3.8, 4) is 22.3 Å². The molecular formula is C46H24O4. The highest BCUT2D eigenvalue weighted by Gasteiger charge is 2.16. The van der Waals surface area contributed by atoms with Crippen LogP contribution in [0, 0.1) is 0 Å². The first-order valence-electron chi connectivity index (χ1n) is 16.8. The fourth-order valence-corrected chi connectivity index (χ4v) is 7.95. The van der Waals surface area contributed by atoms with Gasteiger partial charge in [0.05, 0.1) is 0 Å². The van der Waals surface area contributed by atoms with Crippen LogP contribution in [0.15, 0.2) is 163 Å². The zero-order valence-corrected chi connectivity index (χ0v) is 26.5. The molecule has 4 heterocycles. The SMILES string of the molecule is c1ccc2c(c1)oc1cc3c(cc12)oc1ccc(-c2ccc4ccc(-c5ccc6oc7cc8oc9ccccc9c8cc7c6c5)cc4c2)cc13. The summed E-state index contributed by atoms with van der Waals surface area (Å²) in [6.45, 7) is 0. The lowest BCUT2D eigenvalue weighted by atomic mass is 9.96. The first-order chi connectivity index (χ1) is 24.7. The van der Waals surface area contributed by atoms with Crippen LogP contribution in [0.4, 0.5) is 0 Å². The van der Waals surface area contributed by atoms with Crippen molar-refractivity contribution >= 4 is 98.5 Å². The Hall–Kier alpha value is -6.78. The first-order valence-corrected chi connectivity index (χ1v) is 16.8. The molecule has 12 aromatic rings. The molecule has 0 spiro atoms. The second-order valence-electron chi connectivity index (χ2n) is 13.3. The number of hydrogen-bond acceptors (Lipinski definition) is 4. The Labute approximate surface area is 283 Å². The molecule has 4 heteroatoms. The van der Waals surface area contributed by atoms with Gasteiger partial charge in [0.1, 0.15) is 44.7 Å². The molecule has 8 aromatic carbocycles. The van der Waals surface area contributed by atoms with Crippen LogP contribution in [0.1, 0.15) is 0 Å². The molecule has 0 fully saturated rings. The van der Waals surface area contributed by atoms with Gasteiger partial charge in [-0.15, -0.1) is 0 Å². The van der Waals surface area contributed by atoms with Crippen LogP contribution in [0.5, 0.6) is 0 Å². The third kappa shape index (κ3) is 3.65. The third-order valence-corrected chi connectivity index (χ3v) is 10.4. The molecule has 0 N–H and O–H groups in total. The first kappa shape index (κ1) is 26.2. The fraction of sp³-hybridized carbons (Fsp3) is 0. The van der Waals surface area contributed by atoms with Crippen molar-refractivity contribution in [1.29, 1.82) is 0 Å². The highest BCUT2D eigenvalue weighted by atomic mass is 16.3.